The first-order chi connectivity index (χ1) is 16.5. The Labute approximate surface area is 197 Å². The number of esters is 1. The number of hydrogen-bond acceptors (Lipinski definition) is 5. The van der Waals surface area contributed by atoms with Crippen LogP contribution >= 0.6 is 0 Å². The molecule has 174 valence electrons. The third-order valence-corrected chi connectivity index (χ3v) is 5.75. The monoisotopic (exact) mass is 458 g/mol. The fourth-order valence-electron chi connectivity index (χ4n) is 4.02. The molecule has 4 aromatic rings. The lowest BCUT2D eigenvalue weighted by atomic mass is 10.0. The highest BCUT2D eigenvalue weighted by atomic mass is 16.6. The van der Waals surface area contributed by atoms with Crippen molar-refractivity contribution < 1.29 is 19.2 Å². The van der Waals surface area contributed by atoms with Gasteiger partial charge in [-0.25, -0.2) is 0 Å². The van der Waals surface area contributed by atoms with Crippen LogP contribution < -0.4 is 4.74 Å². The van der Waals surface area contributed by atoms with Crippen LogP contribution in [0, 0.1) is 10.1 Å². The van der Waals surface area contributed by atoms with E-state index in [1.807, 2.05) is 67.7 Å². The van der Waals surface area contributed by atoms with Crippen molar-refractivity contribution in [3.8, 4) is 16.9 Å². The lowest BCUT2D eigenvalue weighted by Crippen LogP contribution is -2.06. The van der Waals surface area contributed by atoms with Crippen LogP contribution in [0.3, 0.4) is 0 Å². The molecule has 0 N–H and O–H groups in total. The molecule has 0 bridgehead atoms. The third-order valence-electron chi connectivity index (χ3n) is 5.75. The van der Waals surface area contributed by atoms with E-state index in [-0.39, 0.29) is 23.2 Å². The molecule has 1 aromatic heterocycles. The van der Waals surface area contributed by atoms with Crippen molar-refractivity contribution in [3.63, 3.8) is 0 Å². The molecule has 7 heteroatoms. The molecule has 0 aliphatic carbocycles. The van der Waals surface area contributed by atoms with Gasteiger partial charge in [0, 0.05) is 29.7 Å². The Bertz CT molecular complexity index is 1330. The summed E-state index contributed by atoms with van der Waals surface area (Å²) >= 11 is 0. The minimum atomic E-state index is -0.361. The maximum Gasteiger partial charge on any atom is 0.306 e. The van der Waals surface area contributed by atoms with E-state index in [4.69, 9.17) is 9.47 Å². The highest BCUT2D eigenvalue weighted by molar-refractivity contribution is 5.83. The Balaban J connectivity index is 1.49. The molecule has 7 nitrogen and oxygen atoms in total. The molecule has 0 saturated carbocycles. The number of benzene rings is 3. The van der Waals surface area contributed by atoms with Crippen LogP contribution in [0.15, 0.2) is 72.8 Å². The maximum absolute atomic E-state index is 11.7. The number of fused-ring (bicyclic) bond motifs is 1. The normalized spacial score (nSPS) is 10.9. The minimum Gasteiger partial charge on any atom is -0.489 e. The lowest BCUT2D eigenvalue weighted by molar-refractivity contribution is -0.384. The predicted octanol–water partition coefficient (Wildman–Crippen LogP) is 5.83. The van der Waals surface area contributed by atoms with Gasteiger partial charge in [0.05, 0.1) is 23.5 Å². The summed E-state index contributed by atoms with van der Waals surface area (Å²) in [4.78, 5) is 23.0. The predicted molar refractivity (Wildman–Crippen MR) is 131 cm³/mol. The van der Waals surface area contributed by atoms with Gasteiger partial charge in [0.25, 0.3) is 5.69 Å². The number of aryl methyl sites for hydroxylation is 2. The zero-order chi connectivity index (χ0) is 24.1. The largest absolute Gasteiger partial charge is 0.489 e. The molecule has 0 radical (unpaired) electrons. The number of carbonyl (C=O) groups is 1. The van der Waals surface area contributed by atoms with Gasteiger partial charge in [0.2, 0.25) is 0 Å². The van der Waals surface area contributed by atoms with E-state index in [0.717, 1.165) is 27.7 Å². The van der Waals surface area contributed by atoms with Crippen molar-refractivity contribution in [2.75, 3.05) is 6.61 Å². The van der Waals surface area contributed by atoms with Gasteiger partial charge in [0.1, 0.15) is 12.4 Å². The van der Waals surface area contributed by atoms with Crippen LogP contribution in [-0.2, 0) is 29.6 Å². The second-order valence-corrected chi connectivity index (χ2v) is 7.98. The van der Waals surface area contributed by atoms with Crippen LogP contribution in [-0.4, -0.2) is 22.1 Å². The molecule has 34 heavy (non-hydrogen) atoms. The number of nitro benzene ring substituents is 1. The maximum atomic E-state index is 11.7. The summed E-state index contributed by atoms with van der Waals surface area (Å²) in [5.74, 6) is 0.467. The molecule has 0 spiro atoms. The number of aromatic nitrogens is 1. The van der Waals surface area contributed by atoms with Gasteiger partial charge in [-0.2, -0.15) is 0 Å². The second-order valence-electron chi connectivity index (χ2n) is 7.98. The quantitative estimate of drug-likeness (QED) is 0.179. The van der Waals surface area contributed by atoms with E-state index in [1.54, 1.807) is 19.1 Å². The average molecular weight is 459 g/mol. The van der Waals surface area contributed by atoms with Crippen LogP contribution in [0.5, 0.6) is 5.75 Å². The summed E-state index contributed by atoms with van der Waals surface area (Å²) in [6.07, 6.45) is 0.927. The van der Waals surface area contributed by atoms with Gasteiger partial charge in [-0.15, -0.1) is 0 Å². The molecule has 0 unspecified atom stereocenters. The second kappa shape index (κ2) is 10.2. The Morgan fingerprint density at radius 3 is 2.56 bits per heavy atom. The molecule has 4 rings (SSSR count). The summed E-state index contributed by atoms with van der Waals surface area (Å²) in [6, 6.07) is 22.3. The van der Waals surface area contributed by atoms with E-state index >= 15 is 0 Å². The summed E-state index contributed by atoms with van der Waals surface area (Å²) in [5, 5.41) is 12.7. The number of rotatable bonds is 9. The molecule has 0 aliphatic rings. The first kappa shape index (κ1) is 23.0. The molecule has 3 aromatic carbocycles. The SMILES string of the molecule is CCOC(=O)CCc1cc2cc(OCc3ccc(-c4ccccc4)c([N+](=O)[O-])c3)ccc2n1C. The van der Waals surface area contributed by atoms with Crippen LogP contribution in [0.25, 0.3) is 22.0 Å². The van der Waals surface area contributed by atoms with E-state index < -0.39 is 0 Å². The molecular weight excluding hydrogens is 432 g/mol. The average Bonchev–Trinajstić information content (AvgIpc) is 3.16. The third kappa shape index (κ3) is 5.09. The van der Waals surface area contributed by atoms with E-state index in [0.29, 0.717) is 30.8 Å². The molecule has 0 fully saturated rings. The van der Waals surface area contributed by atoms with Crippen LogP contribution in [0.4, 0.5) is 5.69 Å². The number of ether oxygens (including phenoxy) is 2. The smallest absolute Gasteiger partial charge is 0.306 e. The van der Waals surface area contributed by atoms with Gasteiger partial charge in [-0.05, 0) is 54.8 Å². The summed E-state index contributed by atoms with van der Waals surface area (Å²) in [7, 11) is 1.97. The van der Waals surface area contributed by atoms with Crippen molar-refractivity contribution >= 4 is 22.6 Å². The van der Waals surface area contributed by atoms with Gasteiger partial charge >= 0.3 is 5.97 Å². The fraction of sp³-hybridized carbons (Fsp3) is 0.222. The molecular formula is C27H26N2O5. The first-order valence-electron chi connectivity index (χ1n) is 11.2. The highest BCUT2D eigenvalue weighted by Gasteiger charge is 2.16. The Morgan fingerprint density at radius 1 is 1.03 bits per heavy atom. The van der Waals surface area contributed by atoms with Crippen LogP contribution in [0.2, 0.25) is 0 Å². The number of hydrogen-bond donors (Lipinski definition) is 0. The topological polar surface area (TPSA) is 83.6 Å². The number of nitro groups is 1. The van der Waals surface area contributed by atoms with Gasteiger partial charge in [0.15, 0.2) is 0 Å². The minimum absolute atomic E-state index is 0.0528. The van der Waals surface area contributed by atoms with Gasteiger partial charge in [-0.3, -0.25) is 14.9 Å². The van der Waals surface area contributed by atoms with E-state index in [9.17, 15) is 14.9 Å². The Kier molecular flexibility index (Phi) is 6.92. The zero-order valence-electron chi connectivity index (χ0n) is 19.2. The summed E-state index contributed by atoms with van der Waals surface area (Å²) < 4.78 is 13.0. The molecule has 0 atom stereocenters. The lowest BCUT2D eigenvalue weighted by Gasteiger charge is -2.09. The standard InChI is InChI=1S/C27H26N2O5/c1-3-33-27(30)14-10-22-16-21-17-23(11-13-25(21)28(22)2)34-18-19-9-12-24(26(15-19)29(31)32)20-7-5-4-6-8-20/h4-9,11-13,15-17H,3,10,14,18H2,1-2H3. The van der Waals surface area contributed by atoms with Crippen molar-refractivity contribution in [1.29, 1.82) is 0 Å². The Hall–Kier alpha value is -4.13. The summed E-state index contributed by atoms with van der Waals surface area (Å²) in [6.45, 7) is 2.39. The van der Waals surface area contributed by atoms with Crippen molar-refractivity contribution in [2.24, 2.45) is 7.05 Å². The van der Waals surface area contributed by atoms with Gasteiger partial charge < -0.3 is 14.0 Å². The molecule has 1 heterocycles. The zero-order valence-corrected chi connectivity index (χ0v) is 19.2. The first-order valence-corrected chi connectivity index (χ1v) is 11.2. The van der Waals surface area contributed by atoms with E-state index in [1.165, 1.54) is 0 Å². The van der Waals surface area contributed by atoms with Crippen molar-refractivity contribution in [3.05, 3.63) is 94.2 Å². The molecule has 0 aliphatic heterocycles. The summed E-state index contributed by atoms with van der Waals surface area (Å²) in [5.41, 5.74) is 4.22. The number of carbonyl (C=O) groups excluding carboxylic acids is 1. The van der Waals surface area contributed by atoms with Crippen molar-refractivity contribution in [2.45, 2.75) is 26.4 Å². The number of nitrogens with zero attached hydrogens (tertiary/aromatic N) is 2. The van der Waals surface area contributed by atoms with Gasteiger partial charge in [-0.1, -0.05) is 36.4 Å². The van der Waals surface area contributed by atoms with Crippen LogP contribution in [0.1, 0.15) is 24.6 Å². The highest BCUT2D eigenvalue weighted by Crippen LogP contribution is 2.31. The van der Waals surface area contributed by atoms with E-state index in [2.05, 4.69) is 4.57 Å². The molecule has 0 saturated heterocycles. The molecule has 0 amide bonds. The van der Waals surface area contributed by atoms with Crippen molar-refractivity contribution in [1.82, 2.24) is 4.57 Å². The fourth-order valence-corrected chi connectivity index (χ4v) is 4.02. The Morgan fingerprint density at radius 2 is 1.82 bits per heavy atom.